The van der Waals surface area contributed by atoms with Crippen LogP contribution in [0.1, 0.15) is 15.9 Å². The number of amides is 1. The summed E-state index contributed by atoms with van der Waals surface area (Å²) in [5.41, 5.74) is 8.40. The van der Waals surface area contributed by atoms with E-state index in [1.165, 1.54) is 4.90 Å². The molecule has 0 saturated carbocycles. The molecule has 1 heterocycles. The first-order valence-electron chi connectivity index (χ1n) is 6.74. The van der Waals surface area contributed by atoms with Gasteiger partial charge in [-0.1, -0.05) is 18.2 Å². The first-order chi connectivity index (χ1) is 10.0. The number of hydrogen-bond donors (Lipinski definition) is 1. The van der Waals surface area contributed by atoms with Crippen molar-refractivity contribution < 1.29 is 4.79 Å². The second-order valence-electron chi connectivity index (χ2n) is 5.00. The number of carbonyl (C=O) groups is 1. The maximum absolute atomic E-state index is 11.9. The van der Waals surface area contributed by atoms with E-state index in [0.717, 1.165) is 17.1 Å². The van der Waals surface area contributed by atoms with E-state index in [0.29, 0.717) is 12.1 Å². The molecule has 0 atom stereocenters. The van der Waals surface area contributed by atoms with E-state index in [2.05, 4.69) is 4.98 Å². The molecule has 21 heavy (non-hydrogen) atoms. The largest absolute Gasteiger partial charge is 0.345 e. The second-order valence-corrected chi connectivity index (χ2v) is 5.00. The number of hydrogen-bond acceptors (Lipinski definition) is 4. The summed E-state index contributed by atoms with van der Waals surface area (Å²) in [6, 6.07) is 11.6. The Morgan fingerprint density at radius 1 is 1.14 bits per heavy atom. The number of nitrogens with zero attached hydrogens (tertiary/aromatic N) is 3. The van der Waals surface area contributed by atoms with E-state index in [1.54, 1.807) is 26.4 Å². The number of benzene rings is 1. The van der Waals surface area contributed by atoms with E-state index >= 15 is 0 Å². The molecule has 0 aliphatic heterocycles. The zero-order valence-corrected chi connectivity index (χ0v) is 12.6. The fourth-order valence-electron chi connectivity index (χ4n) is 2.10. The third-order valence-electron chi connectivity index (χ3n) is 3.32. The molecule has 5 heteroatoms. The van der Waals surface area contributed by atoms with Gasteiger partial charge in [-0.2, -0.15) is 0 Å². The lowest BCUT2D eigenvalue weighted by atomic mass is 10.1. The molecule has 0 fully saturated rings. The van der Waals surface area contributed by atoms with Gasteiger partial charge in [0.2, 0.25) is 0 Å². The zero-order valence-electron chi connectivity index (χ0n) is 12.6. The number of pyridine rings is 1. The Hall–Kier alpha value is -2.40. The Labute approximate surface area is 125 Å². The van der Waals surface area contributed by atoms with Crippen molar-refractivity contribution in [3.8, 4) is 0 Å². The maximum Gasteiger partial charge on any atom is 0.254 e. The van der Waals surface area contributed by atoms with Crippen LogP contribution in [0.15, 0.2) is 42.6 Å². The number of anilines is 2. The fourth-order valence-corrected chi connectivity index (χ4v) is 2.10. The van der Waals surface area contributed by atoms with E-state index in [4.69, 9.17) is 5.73 Å². The predicted molar refractivity (Wildman–Crippen MR) is 84.7 cm³/mol. The Morgan fingerprint density at radius 3 is 2.43 bits per heavy atom. The Bertz CT molecular complexity index is 622. The summed E-state index contributed by atoms with van der Waals surface area (Å²) >= 11 is 0. The van der Waals surface area contributed by atoms with Gasteiger partial charge in [0.1, 0.15) is 5.82 Å². The molecular formula is C16H20N4O. The highest BCUT2D eigenvalue weighted by Crippen LogP contribution is 2.25. The van der Waals surface area contributed by atoms with Crippen LogP contribution in [0.3, 0.4) is 0 Å². The number of aromatic nitrogens is 1. The van der Waals surface area contributed by atoms with Gasteiger partial charge in [0, 0.05) is 39.6 Å². The van der Waals surface area contributed by atoms with Crippen LogP contribution < -0.4 is 10.6 Å². The summed E-state index contributed by atoms with van der Waals surface area (Å²) in [4.78, 5) is 19.7. The Balaban J connectivity index is 2.28. The topological polar surface area (TPSA) is 62.5 Å². The quantitative estimate of drug-likeness (QED) is 0.933. The van der Waals surface area contributed by atoms with Gasteiger partial charge in [-0.05, 0) is 23.8 Å². The van der Waals surface area contributed by atoms with Crippen LogP contribution in [-0.4, -0.2) is 36.9 Å². The number of para-hydroxylation sites is 1. The van der Waals surface area contributed by atoms with Crippen LogP contribution in [0.2, 0.25) is 0 Å². The van der Waals surface area contributed by atoms with E-state index in [9.17, 15) is 4.79 Å². The highest BCUT2D eigenvalue weighted by Gasteiger charge is 2.12. The summed E-state index contributed by atoms with van der Waals surface area (Å²) in [7, 11) is 5.38. The van der Waals surface area contributed by atoms with Gasteiger partial charge in [-0.3, -0.25) is 4.79 Å². The van der Waals surface area contributed by atoms with Crippen molar-refractivity contribution in [2.75, 3.05) is 26.0 Å². The Morgan fingerprint density at radius 2 is 1.86 bits per heavy atom. The summed E-state index contributed by atoms with van der Waals surface area (Å²) in [5, 5.41) is 0. The number of nitrogens with two attached hydrogens (primary N) is 1. The molecule has 1 amide bonds. The maximum atomic E-state index is 11.9. The summed E-state index contributed by atoms with van der Waals surface area (Å²) < 4.78 is 0. The predicted octanol–water partition coefficient (Wildman–Crippen LogP) is 2.01. The van der Waals surface area contributed by atoms with Crippen LogP contribution in [0.25, 0.3) is 0 Å². The minimum absolute atomic E-state index is 0.0564. The van der Waals surface area contributed by atoms with Crippen molar-refractivity contribution in [1.82, 2.24) is 9.88 Å². The molecule has 0 bridgehead atoms. The van der Waals surface area contributed by atoms with Crippen molar-refractivity contribution in [3.63, 3.8) is 0 Å². The third kappa shape index (κ3) is 3.20. The molecule has 2 aromatic rings. The molecule has 0 spiro atoms. The lowest BCUT2D eigenvalue weighted by Crippen LogP contribution is -2.22. The molecule has 2 N–H and O–H groups in total. The van der Waals surface area contributed by atoms with E-state index < -0.39 is 0 Å². The van der Waals surface area contributed by atoms with Crippen LogP contribution >= 0.6 is 0 Å². The molecule has 5 nitrogen and oxygen atoms in total. The smallest absolute Gasteiger partial charge is 0.254 e. The van der Waals surface area contributed by atoms with Crippen LogP contribution in [0.5, 0.6) is 0 Å². The molecule has 0 saturated heterocycles. The minimum Gasteiger partial charge on any atom is -0.345 e. The molecule has 1 aromatic carbocycles. The average Bonchev–Trinajstić information content (AvgIpc) is 2.53. The normalized spacial score (nSPS) is 10.3. The van der Waals surface area contributed by atoms with Crippen LogP contribution in [0.4, 0.5) is 11.5 Å². The molecule has 0 aliphatic carbocycles. The van der Waals surface area contributed by atoms with Crippen molar-refractivity contribution in [2.24, 2.45) is 5.73 Å². The van der Waals surface area contributed by atoms with Gasteiger partial charge >= 0.3 is 0 Å². The monoisotopic (exact) mass is 284 g/mol. The van der Waals surface area contributed by atoms with Gasteiger partial charge < -0.3 is 15.5 Å². The molecule has 110 valence electrons. The molecular weight excluding hydrogens is 264 g/mol. The van der Waals surface area contributed by atoms with E-state index in [1.807, 2.05) is 42.3 Å². The molecule has 1 aromatic heterocycles. The second kappa shape index (κ2) is 6.37. The van der Waals surface area contributed by atoms with Crippen LogP contribution in [0, 0.1) is 0 Å². The van der Waals surface area contributed by atoms with Crippen molar-refractivity contribution in [1.29, 1.82) is 0 Å². The van der Waals surface area contributed by atoms with Gasteiger partial charge in [-0.25, -0.2) is 4.98 Å². The van der Waals surface area contributed by atoms with E-state index in [-0.39, 0.29) is 5.91 Å². The Kier molecular flexibility index (Phi) is 4.55. The van der Waals surface area contributed by atoms with Gasteiger partial charge in [0.15, 0.2) is 0 Å². The van der Waals surface area contributed by atoms with Gasteiger partial charge in [0.25, 0.3) is 5.91 Å². The lowest BCUT2D eigenvalue weighted by Gasteiger charge is -2.21. The molecule has 2 rings (SSSR count). The SMILES string of the molecule is CN(C)C(=O)c1ccc(N(C)c2ccccc2CN)nc1. The van der Waals surface area contributed by atoms with Crippen molar-refractivity contribution in [2.45, 2.75) is 6.54 Å². The molecule has 0 unspecified atom stereocenters. The standard InChI is InChI=1S/C16H20N4O/c1-19(2)16(21)13-8-9-15(18-11-13)20(3)14-7-5-4-6-12(14)10-17/h4-9,11H,10,17H2,1-3H3. The average molecular weight is 284 g/mol. The number of carbonyl (C=O) groups excluding carboxylic acids is 1. The van der Waals surface area contributed by atoms with Crippen molar-refractivity contribution >= 4 is 17.4 Å². The summed E-state index contributed by atoms with van der Waals surface area (Å²) in [5.74, 6) is 0.713. The molecule has 0 radical (unpaired) electrons. The fraction of sp³-hybridized carbons (Fsp3) is 0.250. The highest BCUT2D eigenvalue weighted by atomic mass is 16.2. The lowest BCUT2D eigenvalue weighted by molar-refractivity contribution is 0.0827. The minimum atomic E-state index is -0.0564. The first kappa shape index (κ1) is 15.0. The van der Waals surface area contributed by atoms with Gasteiger partial charge in [0.05, 0.1) is 5.56 Å². The molecule has 0 aliphatic rings. The number of rotatable bonds is 4. The zero-order chi connectivity index (χ0) is 15.4. The highest BCUT2D eigenvalue weighted by molar-refractivity contribution is 5.93. The van der Waals surface area contributed by atoms with Crippen molar-refractivity contribution in [3.05, 3.63) is 53.7 Å². The third-order valence-corrected chi connectivity index (χ3v) is 3.32. The van der Waals surface area contributed by atoms with Crippen LogP contribution in [-0.2, 0) is 6.54 Å². The first-order valence-corrected chi connectivity index (χ1v) is 6.74. The summed E-state index contributed by atoms with van der Waals surface area (Å²) in [6.07, 6.45) is 1.60. The summed E-state index contributed by atoms with van der Waals surface area (Å²) in [6.45, 7) is 0.470. The van der Waals surface area contributed by atoms with Gasteiger partial charge in [-0.15, -0.1) is 0 Å².